The van der Waals surface area contributed by atoms with E-state index in [2.05, 4.69) is 10.2 Å². The number of benzene rings is 1. The van der Waals surface area contributed by atoms with Gasteiger partial charge in [-0.05, 0) is 30.3 Å². The average molecular weight is 355 g/mol. The molecular formula is C17H20Cl2N2O2. The maximum atomic E-state index is 6.21. The topological polar surface area (TPSA) is 37.6 Å². The molecule has 0 unspecified atom stereocenters. The van der Waals surface area contributed by atoms with E-state index in [1.807, 2.05) is 24.3 Å². The lowest BCUT2D eigenvalue weighted by Gasteiger charge is -2.26. The third-order valence-corrected chi connectivity index (χ3v) is 4.41. The van der Waals surface area contributed by atoms with Crippen LogP contribution in [0.3, 0.4) is 0 Å². The van der Waals surface area contributed by atoms with Gasteiger partial charge in [-0.15, -0.1) is 0 Å². The van der Waals surface area contributed by atoms with E-state index in [4.69, 9.17) is 32.4 Å². The van der Waals surface area contributed by atoms with Crippen LogP contribution < -0.4 is 5.32 Å². The van der Waals surface area contributed by atoms with E-state index in [-0.39, 0.29) is 0 Å². The molecule has 2 aromatic rings. The van der Waals surface area contributed by atoms with Crippen molar-refractivity contribution < 1.29 is 9.15 Å². The van der Waals surface area contributed by atoms with E-state index in [0.29, 0.717) is 16.6 Å². The summed E-state index contributed by atoms with van der Waals surface area (Å²) in [5, 5.41) is 4.62. The molecule has 6 heteroatoms. The summed E-state index contributed by atoms with van der Waals surface area (Å²) in [6.07, 6.45) is 0. The van der Waals surface area contributed by atoms with Crippen LogP contribution in [0.5, 0.6) is 0 Å². The minimum absolute atomic E-state index is 0.596. The second kappa shape index (κ2) is 8.18. The number of nitrogens with zero attached hydrogens (tertiary/aromatic N) is 1. The molecule has 124 valence electrons. The summed E-state index contributed by atoms with van der Waals surface area (Å²) in [5.74, 6) is 1.66. The highest BCUT2D eigenvalue weighted by Gasteiger charge is 2.11. The summed E-state index contributed by atoms with van der Waals surface area (Å²) in [4.78, 5) is 2.40. The smallest absolute Gasteiger partial charge is 0.135 e. The van der Waals surface area contributed by atoms with Gasteiger partial charge in [0.05, 0.1) is 24.8 Å². The highest BCUT2D eigenvalue weighted by atomic mass is 35.5. The van der Waals surface area contributed by atoms with Crippen molar-refractivity contribution in [1.82, 2.24) is 10.2 Å². The van der Waals surface area contributed by atoms with E-state index in [1.165, 1.54) is 0 Å². The second-order valence-electron chi connectivity index (χ2n) is 5.52. The third kappa shape index (κ3) is 4.72. The Morgan fingerprint density at radius 1 is 1.09 bits per heavy atom. The van der Waals surface area contributed by atoms with Crippen LogP contribution in [0.15, 0.2) is 34.7 Å². The molecule has 1 aromatic carbocycles. The van der Waals surface area contributed by atoms with E-state index in [1.54, 1.807) is 6.07 Å². The van der Waals surface area contributed by atoms with Crippen molar-refractivity contribution in [2.24, 2.45) is 0 Å². The molecule has 1 aromatic heterocycles. The molecule has 1 saturated heterocycles. The SMILES string of the molecule is Clc1ccc(-c2ccc(CNCCN3CCOCC3)o2)c(Cl)c1. The molecular weight excluding hydrogens is 335 g/mol. The lowest BCUT2D eigenvalue weighted by Crippen LogP contribution is -2.40. The summed E-state index contributed by atoms with van der Waals surface area (Å²) in [7, 11) is 0. The van der Waals surface area contributed by atoms with E-state index >= 15 is 0 Å². The Bertz CT molecular complexity index is 639. The monoisotopic (exact) mass is 354 g/mol. The first-order valence-electron chi connectivity index (χ1n) is 7.77. The number of hydrogen-bond donors (Lipinski definition) is 1. The van der Waals surface area contributed by atoms with Crippen molar-refractivity contribution in [3.63, 3.8) is 0 Å². The number of morpholine rings is 1. The predicted molar refractivity (Wildman–Crippen MR) is 93.1 cm³/mol. The Labute approximate surface area is 146 Å². The van der Waals surface area contributed by atoms with Crippen LogP contribution in [0, 0.1) is 0 Å². The fourth-order valence-corrected chi connectivity index (χ4v) is 3.08. The summed E-state index contributed by atoms with van der Waals surface area (Å²) in [5.41, 5.74) is 0.857. The summed E-state index contributed by atoms with van der Waals surface area (Å²) in [6.45, 7) is 6.36. The second-order valence-corrected chi connectivity index (χ2v) is 6.36. The van der Waals surface area contributed by atoms with Gasteiger partial charge in [0.2, 0.25) is 0 Å². The molecule has 0 aliphatic carbocycles. The zero-order valence-electron chi connectivity index (χ0n) is 12.9. The zero-order valence-corrected chi connectivity index (χ0v) is 14.4. The van der Waals surface area contributed by atoms with Gasteiger partial charge >= 0.3 is 0 Å². The van der Waals surface area contributed by atoms with Crippen molar-refractivity contribution in [3.8, 4) is 11.3 Å². The number of ether oxygens (including phenoxy) is 1. The van der Waals surface area contributed by atoms with Crippen molar-refractivity contribution in [2.45, 2.75) is 6.54 Å². The molecule has 23 heavy (non-hydrogen) atoms. The van der Waals surface area contributed by atoms with Crippen LogP contribution in [0.4, 0.5) is 0 Å². The Morgan fingerprint density at radius 2 is 1.91 bits per heavy atom. The lowest BCUT2D eigenvalue weighted by atomic mass is 10.2. The van der Waals surface area contributed by atoms with Gasteiger partial charge in [0.1, 0.15) is 11.5 Å². The zero-order chi connectivity index (χ0) is 16.1. The van der Waals surface area contributed by atoms with Gasteiger partial charge in [-0.3, -0.25) is 4.90 Å². The fourth-order valence-electron chi connectivity index (χ4n) is 2.58. The Balaban J connectivity index is 1.49. The molecule has 0 amide bonds. The van der Waals surface area contributed by atoms with Crippen LogP contribution >= 0.6 is 23.2 Å². The minimum atomic E-state index is 0.596. The van der Waals surface area contributed by atoms with E-state index in [0.717, 1.165) is 56.5 Å². The highest BCUT2D eigenvalue weighted by molar-refractivity contribution is 6.36. The molecule has 0 atom stereocenters. The summed E-state index contributed by atoms with van der Waals surface area (Å²) in [6, 6.07) is 9.32. The van der Waals surface area contributed by atoms with Crippen molar-refractivity contribution in [3.05, 3.63) is 46.1 Å². The summed E-state index contributed by atoms with van der Waals surface area (Å²) >= 11 is 12.1. The van der Waals surface area contributed by atoms with Crippen LogP contribution in [-0.4, -0.2) is 44.3 Å². The third-order valence-electron chi connectivity index (χ3n) is 3.87. The molecule has 1 fully saturated rings. The van der Waals surface area contributed by atoms with Gasteiger partial charge in [0.25, 0.3) is 0 Å². The maximum absolute atomic E-state index is 6.21. The average Bonchev–Trinajstić information content (AvgIpc) is 3.01. The van der Waals surface area contributed by atoms with Crippen molar-refractivity contribution in [2.75, 3.05) is 39.4 Å². The number of halogens is 2. The molecule has 1 aliphatic rings. The van der Waals surface area contributed by atoms with Gasteiger partial charge in [-0.2, -0.15) is 0 Å². The van der Waals surface area contributed by atoms with Gasteiger partial charge < -0.3 is 14.5 Å². The molecule has 2 heterocycles. The molecule has 4 nitrogen and oxygen atoms in total. The highest BCUT2D eigenvalue weighted by Crippen LogP contribution is 2.31. The first-order chi connectivity index (χ1) is 11.2. The molecule has 0 spiro atoms. The molecule has 0 radical (unpaired) electrons. The molecule has 0 saturated carbocycles. The number of rotatable bonds is 6. The fraction of sp³-hybridized carbons (Fsp3) is 0.412. The number of hydrogen-bond acceptors (Lipinski definition) is 4. The van der Waals surface area contributed by atoms with E-state index < -0.39 is 0 Å². The van der Waals surface area contributed by atoms with Gasteiger partial charge in [-0.1, -0.05) is 23.2 Å². The van der Waals surface area contributed by atoms with Crippen LogP contribution in [0.25, 0.3) is 11.3 Å². The van der Waals surface area contributed by atoms with E-state index in [9.17, 15) is 0 Å². The van der Waals surface area contributed by atoms with Crippen molar-refractivity contribution in [1.29, 1.82) is 0 Å². The molecule has 1 N–H and O–H groups in total. The Morgan fingerprint density at radius 3 is 2.70 bits per heavy atom. The normalized spacial score (nSPS) is 15.9. The Hall–Kier alpha value is -1.04. The maximum Gasteiger partial charge on any atom is 0.135 e. The molecule has 0 bridgehead atoms. The number of furan rings is 1. The first kappa shape index (κ1) is 16.8. The van der Waals surface area contributed by atoms with Crippen LogP contribution in [0.2, 0.25) is 10.0 Å². The molecule has 3 rings (SSSR count). The standard InChI is InChI=1S/C17H20Cl2N2O2/c18-13-1-3-15(16(19)11-13)17-4-2-14(23-17)12-20-5-6-21-7-9-22-10-8-21/h1-4,11,20H,5-10,12H2. The predicted octanol–water partition coefficient (Wildman–Crippen LogP) is 3.68. The largest absolute Gasteiger partial charge is 0.460 e. The van der Waals surface area contributed by atoms with Gasteiger partial charge in [0.15, 0.2) is 0 Å². The quantitative estimate of drug-likeness (QED) is 0.803. The lowest BCUT2D eigenvalue weighted by molar-refractivity contribution is 0.0383. The first-order valence-corrected chi connectivity index (χ1v) is 8.53. The number of nitrogens with one attached hydrogen (secondary N) is 1. The van der Waals surface area contributed by atoms with Gasteiger partial charge in [-0.25, -0.2) is 0 Å². The summed E-state index contributed by atoms with van der Waals surface area (Å²) < 4.78 is 11.2. The minimum Gasteiger partial charge on any atom is -0.460 e. The Kier molecular flexibility index (Phi) is 5.97. The molecule has 1 aliphatic heterocycles. The van der Waals surface area contributed by atoms with Gasteiger partial charge in [0, 0.05) is 36.8 Å². The van der Waals surface area contributed by atoms with Crippen LogP contribution in [0.1, 0.15) is 5.76 Å². The van der Waals surface area contributed by atoms with Crippen molar-refractivity contribution >= 4 is 23.2 Å². The van der Waals surface area contributed by atoms with Crippen LogP contribution in [-0.2, 0) is 11.3 Å².